The minimum absolute atomic E-state index is 0.296. The van der Waals surface area contributed by atoms with E-state index in [1.165, 1.54) is 0 Å². The zero-order valence-corrected chi connectivity index (χ0v) is 13.7. The SMILES string of the molecule is CCn1nc(C(=O)Nc2ccc(Cl)c(Cl)c2)cc1-c1ccco1. The number of anilines is 1. The Morgan fingerprint density at radius 2 is 2.09 bits per heavy atom. The Labute approximate surface area is 142 Å². The van der Waals surface area contributed by atoms with E-state index in [2.05, 4.69) is 10.4 Å². The van der Waals surface area contributed by atoms with Crippen molar-refractivity contribution in [1.29, 1.82) is 0 Å². The number of hydrogen-bond acceptors (Lipinski definition) is 3. The van der Waals surface area contributed by atoms with Crippen molar-refractivity contribution < 1.29 is 9.21 Å². The summed E-state index contributed by atoms with van der Waals surface area (Å²) in [6, 6.07) is 10.2. The fourth-order valence-corrected chi connectivity index (χ4v) is 2.46. The molecule has 2 heterocycles. The Hall–Kier alpha value is -2.24. The number of nitrogens with zero attached hydrogens (tertiary/aromatic N) is 2. The van der Waals surface area contributed by atoms with E-state index in [4.69, 9.17) is 27.6 Å². The smallest absolute Gasteiger partial charge is 0.276 e. The van der Waals surface area contributed by atoms with Crippen LogP contribution in [0.3, 0.4) is 0 Å². The fraction of sp³-hybridized carbons (Fsp3) is 0.125. The molecule has 3 aromatic rings. The number of benzene rings is 1. The van der Waals surface area contributed by atoms with E-state index >= 15 is 0 Å². The first-order chi connectivity index (χ1) is 11.1. The molecular weight excluding hydrogens is 337 g/mol. The van der Waals surface area contributed by atoms with Crippen molar-refractivity contribution >= 4 is 34.8 Å². The topological polar surface area (TPSA) is 60.1 Å². The third-order valence-electron chi connectivity index (χ3n) is 3.26. The summed E-state index contributed by atoms with van der Waals surface area (Å²) in [6.07, 6.45) is 1.58. The number of hydrogen-bond donors (Lipinski definition) is 1. The molecule has 0 unspecified atom stereocenters. The van der Waals surface area contributed by atoms with Gasteiger partial charge in [-0.1, -0.05) is 23.2 Å². The summed E-state index contributed by atoms with van der Waals surface area (Å²) in [7, 11) is 0. The molecule has 23 heavy (non-hydrogen) atoms. The van der Waals surface area contributed by atoms with Gasteiger partial charge in [-0.3, -0.25) is 9.48 Å². The van der Waals surface area contributed by atoms with Crippen molar-refractivity contribution in [1.82, 2.24) is 9.78 Å². The standard InChI is InChI=1S/C16H13Cl2N3O2/c1-2-21-14(15-4-3-7-23-15)9-13(20-21)16(22)19-10-5-6-11(17)12(18)8-10/h3-9H,2H2,1H3,(H,19,22). The average molecular weight is 350 g/mol. The Morgan fingerprint density at radius 3 is 2.74 bits per heavy atom. The number of halogens is 2. The summed E-state index contributed by atoms with van der Waals surface area (Å²) in [6.45, 7) is 2.57. The first-order valence-corrected chi connectivity index (χ1v) is 7.72. The monoisotopic (exact) mass is 349 g/mol. The van der Waals surface area contributed by atoms with Crippen LogP contribution >= 0.6 is 23.2 Å². The Morgan fingerprint density at radius 1 is 1.26 bits per heavy atom. The molecule has 0 aliphatic carbocycles. The largest absolute Gasteiger partial charge is 0.463 e. The minimum Gasteiger partial charge on any atom is -0.463 e. The van der Waals surface area contributed by atoms with Gasteiger partial charge < -0.3 is 9.73 Å². The van der Waals surface area contributed by atoms with Crippen molar-refractivity contribution in [3.63, 3.8) is 0 Å². The lowest BCUT2D eigenvalue weighted by Crippen LogP contribution is -2.13. The molecule has 1 amide bonds. The van der Waals surface area contributed by atoms with Gasteiger partial charge in [-0.2, -0.15) is 5.10 Å². The predicted octanol–water partition coefficient (Wildman–Crippen LogP) is 4.72. The lowest BCUT2D eigenvalue weighted by molar-refractivity contribution is 0.102. The van der Waals surface area contributed by atoms with Gasteiger partial charge in [0.2, 0.25) is 0 Å². The number of rotatable bonds is 4. The van der Waals surface area contributed by atoms with Crippen LogP contribution in [0.4, 0.5) is 5.69 Å². The van der Waals surface area contributed by atoms with E-state index in [0.29, 0.717) is 33.7 Å². The quantitative estimate of drug-likeness (QED) is 0.741. The first-order valence-electron chi connectivity index (χ1n) is 6.96. The highest BCUT2D eigenvalue weighted by molar-refractivity contribution is 6.42. The summed E-state index contributed by atoms with van der Waals surface area (Å²) < 4.78 is 7.09. The van der Waals surface area contributed by atoms with Crippen LogP contribution in [0.25, 0.3) is 11.5 Å². The van der Waals surface area contributed by atoms with Crippen LogP contribution < -0.4 is 5.32 Å². The molecule has 0 spiro atoms. The summed E-state index contributed by atoms with van der Waals surface area (Å²) in [5.74, 6) is 0.330. The van der Waals surface area contributed by atoms with Crippen molar-refractivity contribution in [3.8, 4) is 11.5 Å². The third kappa shape index (κ3) is 3.25. The summed E-state index contributed by atoms with van der Waals surface area (Å²) in [4.78, 5) is 12.4. The van der Waals surface area contributed by atoms with Crippen molar-refractivity contribution in [2.24, 2.45) is 0 Å². The highest BCUT2D eigenvalue weighted by atomic mass is 35.5. The highest BCUT2D eigenvalue weighted by Gasteiger charge is 2.16. The molecule has 0 radical (unpaired) electrons. The molecule has 0 saturated carbocycles. The van der Waals surface area contributed by atoms with Crippen LogP contribution in [0, 0.1) is 0 Å². The van der Waals surface area contributed by atoms with Crippen LogP contribution in [0.15, 0.2) is 47.1 Å². The molecule has 0 saturated heterocycles. The van der Waals surface area contributed by atoms with Crippen molar-refractivity contribution in [2.75, 3.05) is 5.32 Å². The molecule has 0 aliphatic rings. The maximum absolute atomic E-state index is 12.4. The predicted molar refractivity (Wildman–Crippen MR) is 90.0 cm³/mol. The second-order valence-corrected chi connectivity index (χ2v) is 5.61. The first kappa shape index (κ1) is 15.6. The molecular formula is C16H13Cl2N3O2. The van der Waals surface area contributed by atoms with E-state index < -0.39 is 0 Å². The molecule has 5 nitrogen and oxygen atoms in total. The van der Waals surface area contributed by atoms with Gasteiger partial charge in [-0.05, 0) is 37.3 Å². The molecule has 118 valence electrons. The fourth-order valence-electron chi connectivity index (χ4n) is 2.16. The molecule has 3 rings (SSSR count). The zero-order valence-electron chi connectivity index (χ0n) is 12.2. The highest BCUT2D eigenvalue weighted by Crippen LogP contribution is 2.26. The van der Waals surface area contributed by atoms with Crippen LogP contribution in [-0.2, 0) is 6.54 Å². The molecule has 0 fully saturated rings. The van der Waals surface area contributed by atoms with Crippen molar-refractivity contribution in [2.45, 2.75) is 13.5 Å². The Balaban J connectivity index is 1.86. The number of aryl methyl sites for hydroxylation is 1. The lowest BCUT2D eigenvalue weighted by atomic mass is 10.2. The average Bonchev–Trinajstić information content (AvgIpc) is 3.19. The number of amides is 1. The number of aromatic nitrogens is 2. The molecule has 0 bridgehead atoms. The number of carbonyl (C=O) groups excluding carboxylic acids is 1. The van der Waals surface area contributed by atoms with Crippen molar-refractivity contribution in [3.05, 3.63) is 58.4 Å². The molecule has 2 aromatic heterocycles. The van der Waals surface area contributed by atoms with Gasteiger partial charge in [0.1, 0.15) is 5.69 Å². The van der Waals surface area contributed by atoms with E-state index in [1.807, 2.05) is 13.0 Å². The van der Waals surface area contributed by atoms with E-state index in [1.54, 1.807) is 41.3 Å². The molecule has 1 aromatic carbocycles. The Bertz CT molecular complexity index is 841. The minimum atomic E-state index is -0.330. The second kappa shape index (κ2) is 6.48. The van der Waals surface area contributed by atoms with Gasteiger partial charge in [0.05, 0.1) is 16.3 Å². The van der Waals surface area contributed by atoms with Gasteiger partial charge in [0.25, 0.3) is 5.91 Å². The molecule has 0 aliphatic heterocycles. The number of nitrogens with one attached hydrogen (secondary N) is 1. The number of furan rings is 1. The van der Waals surface area contributed by atoms with Gasteiger partial charge in [0.15, 0.2) is 11.5 Å². The normalized spacial score (nSPS) is 10.7. The van der Waals surface area contributed by atoms with Gasteiger partial charge in [0, 0.05) is 18.3 Å². The van der Waals surface area contributed by atoms with Crippen LogP contribution in [0.5, 0.6) is 0 Å². The number of carbonyl (C=O) groups is 1. The molecule has 0 atom stereocenters. The van der Waals surface area contributed by atoms with Gasteiger partial charge in [-0.15, -0.1) is 0 Å². The van der Waals surface area contributed by atoms with Gasteiger partial charge in [-0.25, -0.2) is 0 Å². The second-order valence-electron chi connectivity index (χ2n) is 4.79. The van der Waals surface area contributed by atoms with Gasteiger partial charge >= 0.3 is 0 Å². The van der Waals surface area contributed by atoms with E-state index in [-0.39, 0.29) is 5.91 Å². The summed E-state index contributed by atoms with van der Waals surface area (Å²) in [5, 5.41) is 7.86. The molecule has 7 heteroatoms. The zero-order chi connectivity index (χ0) is 16.4. The maximum Gasteiger partial charge on any atom is 0.276 e. The lowest BCUT2D eigenvalue weighted by Gasteiger charge is -2.04. The van der Waals surface area contributed by atoms with E-state index in [9.17, 15) is 4.79 Å². The Kier molecular flexibility index (Phi) is 4.41. The van der Waals surface area contributed by atoms with Crippen LogP contribution in [0.2, 0.25) is 10.0 Å². The van der Waals surface area contributed by atoms with E-state index in [0.717, 1.165) is 5.69 Å². The summed E-state index contributed by atoms with van der Waals surface area (Å²) in [5.41, 5.74) is 1.59. The van der Waals surface area contributed by atoms with Crippen LogP contribution in [-0.4, -0.2) is 15.7 Å². The molecule has 1 N–H and O–H groups in total. The van der Waals surface area contributed by atoms with Crippen LogP contribution in [0.1, 0.15) is 17.4 Å². The maximum atomic E-state index is 12.4. The summed E-state index contributed by atoms with van der Waals surface area (Å²) >= 11 is 11.8. The third-order valence-corrected chi connectivity index (χ3v) is 4.00.